The Bertz CT molecular complexity index is 288. The standard InChI is InChI=1S/C15H26S/c1-11(2)12-6-8-15(3)7-4-5-13(10-16)14(15)9-12/h13-14,16H,4-10H2,1-3H3/t13-,14-,15+/m0/s1. The highest BCUT2D eigenvalue weighted by atomic mass is 32.1. The molecule has 1 heteroatoms. The van der Waals surface area contributed by atoms with Gasteiger partial charge in [-0.25, -0.2) is 0 Å². The van der Waals surface area contributed by atoms with Crippen molar-refractivity contribution in [2.24, 2.45) is 17.3 Å². The van der Waals surface area contributed by atoms with E-state index in [1.165, 1.54) is 38.5 Å². The van der Waals surface area contributed by atoms with Gasteiger partial charge in [0.2, 0.25) is 0 Å². The normalized spacial score (nSPS) is 39.4. The molecule has 0 radical (unpaired) electrons. The first kappa shape index (κ1) is 12.5. The van der Waals surface area contributed by atoms with Crippen LogP contribution < -0.4 is 0 Å². The minimum atomic E-state index is 0.630. The van der Waals surface area contributed by atoms with E-state index in [1.807, 2.05) is 0 Å². The maximum atomic E-state index is 4.58. The number of rotatable bonds is 1. The van der Waals surface area contributed by atoms with E-state index in [0.29, 0.717) is 5.41 Å². The summed E-state index contributed by atoms with van der Waals surface area (Å²) in [6.45, 7) is 7.11. The molecule has 92 valence electrons. The van der Waals surface area contributed by atoms with Crippen LogP contribution in [0.3, 0.4) is 0 Å². The predicted molar refractivity (Wildman–Crippen MR) is 75.0 cm³/mol. The molecule has 0 heterocycles. The van der Waals surface area contributed by atoms with Gasteiger partial charge in [-0.2, -0.15) is 12.6 Å². The van der Waals surface area contributed by atoms with E-state index in [0.717, 1.165) is 17.6 Å². The van der Waals surface area contributed by atoms with Gasteiger partial charge in [0, 0.05) is 0 Å². The van der Waals surface area contributed by atoms with Crippen molar-refractivity contribution in [1.29, 1.82) is 0 Å². The highest BCUT2D eigenvalue weighted by Gasteiger charge is 2.43. The summed E-state index contributed by atoms with van der Waals surface area (Å²) in [5.74, 6) is 2.88. The van der Waals surface area contributed by atoms with Crippen LogP contribution in [0.4, 0.5) is 0 Å². The van der Waals surface area contributed by atoms with Gasteiger partial charge in [-0.15, -0.1) is 0 Å². The zero-order chi connectivity index (χ0) is 11.8. The minimum Gasteiger partial charge on any atom is -0.179 e. The highest BCUT2D eigenvalue weighted by molar-refractivity contribution is 7.80. The van der Waals surface area contributed by atoms with E-state index in [2.05, 4.69) is 33.4 Å². The third-order valence-corrected chi connectivity index (χ3v) is 5.66. The van der Waals surface area contributed by atoms with E-state index in [-0.39, 0.29) is 0 Å². The number of hydrogen-bond acceptors (Lipinski definition) is 1. The molecule has 2 aliphatic rings. The molecule has 2 aliphatic carbocycles. The number of allylic oxidation sites excluding steroid dienone is 2. The lowest BCUT2D eigenvalue weighted by atomic mass is 9.56. The molecule has 2 saturated carbocycles. The Hall–Kier alpha value is 0.0900. The first-order chi connectivity index (χ1) is 7.57. The quantitative estimate of drug-likeness (QED) is 0.489. The molecule has 0 nitrogen and oxygen atoms in total. The summed E-state index contributed by atoms with van der Waals surface area (Å²) in [5.41, 5.74) is 3.95. The SMILES string of the molecule is CC(C)=C1CC[C@@]2(C)CCC[C@@H](CS)[C@@H]2C1. The summed E-state index contributed by atoms with van der Waals surface area (Å²) in [7, 11) is 0. The molecule has 0 saturated heterocycles. The number of fused-ring (bicyclic) bond motifs is 1. The smallest absolute Gasteiger partial charge is 0.00665 e. The summed E-state index contributed by atoms with van der Waals surface area (Å²) >= 11 is 4.58. The van der Waals surface area contributed by atoms with Crippen LogP contribution in [-0.4, -0.2) is 5.75 Å². The van der Waals surface area contributed by atoms with Gasteiger partial charge in [0.1, 0.15) is 0 Å². The monoisotopic (exact) mass is 238 g/mol. The fourth-order valence-corrected chi connectivity index (χ4v) is 4.36. The van der Waals surface area contributed by atoms with Crippen molar-refractivity contribution in [2.75, 3.05) is 5.75 Å². The van der Waals surface area contributed by atoms with Crippen molar-refractivity contribution in [3.63, 3.8) is 0 Å². The van der Waals surface area contributed by atoms with Crippen LogP contribution in [0.1, 0.15) is 59.3 Å². The van der Waals surface area contributed by atoms with E-state index < -0.39 is 0 Å². The largest absolute Gasteiger partial charge is 0.179 e. The summed E-state index contributed by atoms with van der Waals surface area (Å²) in [6, 6.07) is 0. The summed E-state index contributed by atoms with van der Waals surface area (Å²) in [6.07, 6.45) is 8.45. The molecule has 2 fully saturated rings. The third-order valence-electron chi connectivity index (χ3n) is 5.19. The van der Waals surface area contributed by atoms with Crippen molar-refractivity contribution in [1.82, 2.24) is 0 Å². The Morgan fingerprint density at radius 3 is 2.75 bits per heavy atom. The molecule has 0 aromatic carbocycles. The fraction of sp³-hybridized carbons (Fsp3) is 0.867. The Morgan fingerprint density at radius 2 is 2.12 bits per heavy atom. The molecule has 3 atom stereocenters. The molecule has 0 bridgehead atoms. The average molecular weight is 238 g/mol. The summed E-state index contributed by atoms with van der Waals surface area (Å²) < 4.78 is 0. The van der Waals surface area contributed by atoms with Crippen LogP contribution in [0.2, 0.25) is 0 Å². The van der Waals surface area contributed by atoms with Crippen LogP contribution in [0.15, 0.2) is 11.1 Å². The van der Waals surface area contributed by atoms with Gasteiger partial charge in [0.15, 0.2) is 0 Å². The van der Waals surface area contributed by atoms with Gasteiger partial charge in [-0.1, -0.05) is 24.5 Å². The summed E-state index contributed by atoms with van der Waals surface area (Å²) in [4.78, 5) is 0. The van der Waals surface area contributed by atoms with Crippen LogP contribution in [0, 0.1) is 17.3 Å². The lowest BCUT2D eigenvalue weighted by Gasteiger charge is -2.50. The van der Waals surface area contributed by atoms with Crippen LogP contribution >= 0.6 is 12.6 Å². The lowest BCUT2D eigenvalue weighted by Crippen LogP contribution is -2.40. The van der Waals surface area contributed by atoms with Gasteiger partial charge in [0.25, 0.3) is 0 Å². The fourth-order valence-electron chi connectivity index (χ4n) is 3.92. The van der Waals surface area contributed by atoms with E-state index in [1.54, 1.807) is 11.1 Å². The van der Waals surface area contributed by atoms with E-state index in [9.17, 15) is 0 Å². The second-order valence-electron chi connectivity index (χ2n) is 6.40. The Kier molecular flexibility index (Phi) is 3.73. The predicted octanol–water partition coefficient (Wildman–Crippen LogP) is 4.86. The Labute approximate surface area is 106 Å². The molecule has 16 heavy (non-hydrogen) atoms. The maximum absolute atomic E-state index is 4.58. The first-order valence-corrected chi connectivity index (χ1v) is 7.46. The van der Waals surface area contributed by atoms with Crippen LogP contribution in [0.5, 0.6) is 0 Å². The van der Waals surface area contributed by atoms with Crippen molar-refractivity contribution in [3.05, 3.63) is 11.1 Å². The van der Waals surface area contributed by atoms with Gasteiger partial charge in [-0.3, -0.25) is 0 Å². The molecule has 0 aliphatic heterocycles. The van der Waals surface area contributed by atoms with Crippen LogP contribution in [-0.2, 0) is 0 Å². The molecule has 0 unspecified atom stereocenters. The van der Waals surface area contributed by atoms with Crippen molar-refractivity contribution >= 4 is 12.6 Å². The highest BCUT2D eigenvalue weighted by Crippen LogP contribution is 2.54. The average Bonchev–Trinajstić information content (AvgIpc) is 2.26. The molecular weight excluding hydrogens is 212 g/mol. The van der Waals surface area contributed by atoms with E-state index >= 15 is 0 Å². The summed E-state index contributed by atoms with van der Waals surface area (Å²) in [5, 5.41) is 0. The van der Waals surface area contributed by atoms with E-state index in [4.69, 9.17) is 0 Å². The zero-order valence-corrected chi connectivity index (χ0v) is 11.9. The Balaban J connectivity index is 2.20. The van der Waals surface area contributed by atoms with Gasteiger partial charge < -0.3 is 0 Å². The second-order valence-corrected chi connectivity index (χ2v) is 6.77. The molecule has 0 aromatic heterocycles. The topological polar surface area (TPSA) is 0 Å². The molecule has 0 amide bonds. The molecule has 2 rings (SSSR count). The second kappa shape index (κ2) is 4.76. The molecule has 0 aromatic rings. The third kappa shape index (κ3) is 2.20. The first-order valence-electron chi connectivity index (χ1n) is 6.83. The molecular formula is C15H26S. The lowest BCUT2D eigenvalue weighted by molar-refractivity contribution is 0.0428. The van der Waals surface area contributed by atoms with Gasteiger partial charge in [-0.05, 0) is 69.0 Å². The number of thiol groups is 1. The molecule has 0 N–H and O–H groups in total. The Morgan fingerprint density at radius 1 is 1.38 bits per heavy atom. The zero-order valence-electron chi connectivity index (χ0n) is 11.1. The van der Waals surface area contributed by atoms with Crippen molar-refractivity contribution in [2.45, 2.75) is 59.3 Å². The maximum Gasteiger partial charge on any atom is -0.00665 e. The van der Waals surface area contributed by atoms with Gasteiger partial charge >= 0.3 is 0 Å². The van der Waals surface area contributed by atoms with Crippen molar-refractivity contribution in [3.8, 4) is 0 Å². The van der Waals surface area contributed by atoms with Gasteiger partial charge in [0.05, 0.1) is 0 Å². The van der Waals surface area contributed by atoms with Crippen molar-refractivity contribution < 1.29 is 0 Å². The minimum absolute atomic E-state index is 0.630. The van der Waals surface area contributed by atoms with Crippen LogP contribution in [0.25, 0.3) is 0 Å². The molecule has 0 spiro atoms. The number of hydrogen-bond donors (Lipinski definition) is 1.